The molecule has 1 fully saturated rings. The molecule has 0 saturated heterocycles. The summed E-state index contributed by atoms with van der Waals surface area (Å²) < 4.78 is 10.5. The van der Waals surface area contributed by atoms with Crippen molar-refractivity contribution in [1.29, 1.82) is 0 Å². The van der Waals surface area contributed by atoms with E-state index in [0.717, 1.165) is 5.56 Å². The lowest BCUT2D eigenvalue weighted by atomic mass is 9.84. The van der Waals surface area contributed by atoms with Crippen molar-refractivity contribution in [3.8, 4) is 0 Å². The third-order valence-electron chi connectivity index (χ3n) is 4.08. The average Bonchev–Trinajstić information content (AvgIpc) is 2.53. The minimum atomic E-state index is -0.796. The Morgan fingerprint density at radius 1 is 1.20 bits per heavy atom. The summed E-state index contributed by atoms with van der Waals surface area (Å²) in [6, 6.07) is 9.06. The summed E-state index contributed by atoms with van der Waals surface area (Å²) in [4.78, 5) is 24.0. The van der Waals surface area contributed by atoms with E-state index in [1.54, 1.807) is 20.8 Å². The molecule has 138 valence electrons. The molecule has 25 heavy (non-hydrogen) atoms. The number of carbonyl (C=O) groups excluding carboxylic acids is 2. The van der Waals surface area contributed by atoms with Crippen LogP contribution >= 0.6 is 0 Å². The number of rotatable bonds is 4. The summed E-state index contributed by atoms with van der Waals surface area (Å²) in [5.41, 5.74) is 0.338. The van der Waals surface area contributed by atoms with Crippen LogP contribution < -0.4 is 5.32 Å². The molecule has 1 aliphatic carbocycles. The Morgan fingerprint density at radius 2 is 1.88 bits per heavy atom. The highest BCUT2D eigenvalue weighted by molar-refractivity contribution is 5.73. The van der Waals surface area contributed by atoms with Gasteiger partial charge in [0.15, 0.2) is 0 Å². The van der Waals surface area contributed by atoms with Gasteiger partial charge < -0.3 is 19.9 Å². The fraction of sp³-hybridized carbons (Fsp3) is 0.579. The number of ether oxygens (including phenoxy) is 2. The van der Waals surface area contributed by atoms with Gasteiger partial charge in [0.2, 0.25) is 0 Å². The van der Waals surface area contributed by atoms with Crippen molar-refractivity contribution in [2.24, 2.45) is 5.92 Å². The third-order valence-corrected chi connectivity index (χ3v) is 4.08. The Kier molecular flexibility index (Phi) is 6.42. The quantitative estimate of drug-likeness (QED) is 0.817. The van der Waals surface area contributed by atoms with E-state index in [9.17, 15) is 14.7 Å². The molecule has 0 heterocycles. The number of hydrogen-bond acceptors (Lipinski definition) is 5. The monoisotopic (exact) mass is 349 g/mol. The van der Waals surface area contributed by atoms with Crippen LogP contribution in [-0.2, 0) is 20.9 Å². The van der Waals surface area contributed by atoms with Gasteiger partial charge in [-0.05, 0) is 45.6 Å². The van der Waals surface area contributed by atoms with E-state index in [1.807, 2.05) is 30.3 Å². The van der Waals surface area contributed by atoms with Crippen molar-refractivity contribution >= 4 is 12.1 Å². The van der Waals surface area contributed by atoms with Gasteiger partial charge in [-0.3, -0.25) is 4.79 Å². The van der Waals surface area contributed by atoms with Gasteiger partial charge in [-0.25, -0.2) is 4.79 Å². The summed E-state index contributed by atoms with van der Waals surface area (Å²) in [6.45, 7) is 5.57. The summed E-state index contributed by atoms with van der Waals surface area (Å²) in [5, 5.41) is 12.9. The number of carbonyl (C=O) groups is 2. The molecule has 2 rings (SSSR count). The first-order chi connectivity index (χ1) is 11.7. The fourth-order valence-electron chi connectivity index (χ4n) is 2.83. The van der Waals surface area contributed by atoms with Gasteiger partial charge >= 0.3 is 12.1 Å². The fourth-order valence-corrected chi connectivity index (χ4v) is 2.83. The van der Waals surface area contributed by atoms with E-state index < -0.39 is 23.8 Å². The van der Waals surface area contributed by atoms with Crippen LogP contribution in [0, 0.1) is 5.92 Å². The molecular weight excluding hydrogens is 322 g/mol. The number of benzene rings is 1. The van der Waals surface area contributed by atoms with E-state index in [4.69, 9.17) is 9.47 Å². The molecule has 0 spiro atoms. The van der Waals surface area contributed by atoms with E-state index >= 15 is 0 Å². The topological polar surface area (TPSA) is 84.9 Å². The first-order valence-corrected chi connectivity index (χ1v) is 8.63. The molecule has 2 N–H and O–H groups in total. The summed E-state index contributed by atoms with van der Waals surface area (Å²) in [6.07, 6.45) is -0.0118. The number of esters is 1. The van der Waals surface area contributed by atoms with Crippen LogP contribution in [0.25, 0.3) is 0 Å². The number of amides is 1. The number of aliphatic hydroxyl groups is 1. The zero-order valence-corrected chi connectivity index (χ0v) is 15.0. The normalized spacial score (nSPS) is 23.6. The van der Waals surface area contributed by atoms with Crippen LogP contribution in [0.15, 0.2) is 30.3 Å². The molecule has 0 radical (unpaired) electrons. The first-order valence-electron chi connectivity index (χ1n) is 8.63. The largest absolute Gasteiger partial charge is 0.461 e. The van der Waals surface area contributed by atoms with Crippen LogP contribution in [-0.4, -0.2) is 34.9 Å². The van der Waals surface area contributed by atoms with Crippen LogP contribution in [0.4, 0.5) is 4.79 Å². The van der Waals surface area contributed by atoms with Crippen LogP contribution in [0.3, 0.4) is 0 Å². The number of hydrogen-bond donors (Lipinski definition) is 2. The smallest absolute Gasteiger partial charge is 0.407 e. The number of nitrogens with one attached hydrogen (secondary N) is 1. The molecule has 0 aliphatic heterocycles. The number of alkyl carbamates (subject to hydrolysis) is 1. The van der Waals surface area contributed by atoms with Gasteiger partial charge in [0.1, 0.15) is 12.2 Å². The molecule has 1 amide bonds. The van der Waals surface area contributed by atoms with E-state index in [1.165, 1.54) is 0 Å². The Labute approximate surface area is 148 Å². The molecule has 1 aromatic rings. The van der Waals surface area contributed by atoms with Crippen molar-refractivity contribution in [3.05, 3.63) is 35.9 Å². The van der Waals surface area contributed by atoms with Crippen LogP contribution in [0.1, 0.15) is 45.6 Å². The zero-order valence-electron chi connectivity index (χ0n) is 15.0. The van der Waals surface area contributed by atoms with Gasteiger partial charge in [0.25, 0.3) is 0 Å². The number of aliphatic hydroxyl groups excluding tert-OH is 1. The lowest BCUT2D eigenvalue weighted by molar-refractivity contribution is -0.152. The second kappa shape index (κ2) is 8.34. The summed E-state index contributed by atoms with van der Waals surface area (Å²) in [7, 11) is 0. The van der Waals surface area contributed by atoms with E-state index in [2.05, 4.69) is 5.32 Å². The zero-order chi connectivity index (χ0) is 18.4. The molecule has 6 heteroatoms. The van der Waals surface area contributed by atoms with Crippen molar-refractivity contribution in [1.82, 2.24) is 5.32 Å². The molecule has 2 unspecified atom stereocenters. The molecule has 1 saturated carbocycles. The van der Waals surface area contributed by atoms with Gasteiger partial charge in [-0.15, -0.1) is 0 Å². The minimum absolute atomic E-state index is 0.228. The second-order valence-corrected chi connectivity index (χ2v) is 7.42. The molecule has 1 aromatic carbocycles. The Balaban J connectivity index is 1.78. The van der Waals surface area contributed by atoms with E-state index in [-0.39, 0.29) is 24.9 Å². The average molecular weight is 349 g/mol. The predicted octanol–water partition coefficient (Wildman–Crippen LogP) is 2.78. The maximum absolute atomic E-state index is 12.2. The molecule has 3 atom stereocenters. The van der Waals surface area contributed by atoms with Gasteiger partial charge in [0, 0.05) is 0 Å². The van der Waals surface area contributed by atoms with Crippen LogP contribution in [0.5, 0.6) is 0 Å². The Hall–Kier alpha value is -2.08. The van der Waals surface area contributed by atoms with Gasteiger partial charge in [-0.1, -0.05) is 30.3 Å². The highest BCUT2D eigenvalue weighted by atomic mass is 16.6. The lowest BCUT2D eigenvalue weighted by Crippen LogP contribution is -2.49. The molecule has 0 bridgehead atoms. The Bertz CT molecular complexity index is 581. The molecule has 6 nitrogen and oxygen atoms in total. The first kappa shape index (κ1) is 19.2. The maximum Gasteiger partial charge on any atom is 0.407 e. The van der Waals surface area contributed by atoms with Crippen molar-refractivity contribution in [3.63, 3.8) is 0 Å². The molecule has 1 aliphatic rings. The van der Waals surface area contributed by atoms with Crippen molar-refractivity contribution in [2.45, 2.75) is 64.4 Å². The van der Waals surface area contributed by atoms with Crippen molar-refractivity contribution < 1.29 is 24.2 Å². The summed E-state index contributed by atoms with van der Waals surface area (Å²) in [5.74, 6) is -0.658. The third kappa shape index (κ3) is 6.38. The van der Waals surface area contributed by atoms with Crippen molar-refractivity contribution in [2.75, 3.05) is 0 Å². The lowest BCUT2D eigenvalue weighted by Gasteiger charge is -2.33. The highest BCUT2D eigenvalue weighted by Gasteiger charge is 2.35. The summed E-state index contributed by atoms with van der Waals surface area (Å²) >= 11 is 0. The SMILES string of the molecule is CC(C)(C)OC(=O)N[C@H]1CCC(C(=O)OCc2ccccc2)CC1O. The second-order valence-electron chi connectivity index (χ2n) is 7.42. The van der Waals surface area contributed by atoms with Gasteiger partial charge in [-0.2, -0.15) is 0 Å². The maximum atomic E-state index is 12.2. The standard InChI is InChI=1S/C19H27NO5/c1-19(2,3)25-18(23)20-15-10-9-14(11-16(15)21)17(22)24-12-13-7-5-4-6-8-13/h4-8,14-16,21H,9-12H2,1-3H3,(H,20,23)/t14?,15-,16?/m0/s1. The van der Waals surface area contributed by atoms with Gasteiger partial charge in [0.05, 0.1) is 18.1 Å². The highest BCUT2D eigenvalue weighted by Crippen LogP contribution is 2.26. The van der Waals surface area contributed by atoms with E-state index in [0.29, 0.717) is 12.8 Å². The minimum Gasteiger partial charge on any atom is -0.461 e. The molecular formula is C19H27NO5. The Morgan fingerprint density at radius 3 is 2.48 bits per heavy atom. The van der Waals surface area contributed by atoms with Crippen LogP contribution in [0.2, 0.25) is 0 Å². The predicted molar refractivity (Wildman–Crippen MR) is 92.7 cm³/mol. The molecule has 0 aromatic heterocycles.